The van der Waals surface area contributed by atoms with Crippen LogP contribution in [-0.2, 0) is 28.5 Å². The third-order valence-electron chi connectivity index (χ3n) is 10.7. The van der Waals surface area contributed by atoms with E-state index in [2.05, 4.69) is 26.0 Å². The van der Waals surface area contributed by atoms with Gasteiger partial charge in [0.25, 0.3) is 0 Å². The van der Waals surface area contributed by atoms with Crippen molar-refractivity contribution in [2.75, 3.05) is 19.8 Å². The van der Waals surface area contributed by atoms with E-state index in [9.17, 15) is 30.0 Å². The molecule has 0 spiro atoms. The van der Waals surface area contributed by atoms with E-state index in [1.807, 2.05) is 0 Å². The molecule has 1 aliphatic heterocycles. The average molecular weight is 785 g/mol. The summed E-state index contributed by atoms with van der Waals surface area (Å²) in [6.07, 6.45) is 30.7. The summed E-state index contributed by atoms with van der Waals surface area (Å²) in [5, 5.41) is 40.1. The van der Waals surface area contributed by atoms with E-state index in [-0.39, 0.29) is 32.0 Å². The van der Waals surface area contributed by atoms with Gasteiger partial charge in [-0.15, -0.1) is 0 Å². The first-order chi connectivity index (χ1) is 26.8. The highest BCUT2D eigenvalue weighted by Crippen LogP contribution is 2.23. The summed E-state index contributed by atoms with van der Waals surface area (Å²) in [4.78, 5) is 25.3. The maximum Gasteiger partial charge on any atom is 0.306 e. The second-order valence-corrected chi connectivity index (χ2v) is 15.9. The molecule has 0 aliphatic carbocycles. The third-order valence-corrected chi connectivity index (χ3v) is 10.7. The quantitative estimate of drug-likeness (QED) is 0.0271. The molecule has 4 N–H and O–H groups in total. The van der Waals surface area contributed by atoms with Crippen LogP contribution in [0.2, 0.25) is 0 Å². The predicted octanol–water partition coefficient (Wildman–Crippen LogP) is 9.56. The van der Waals surface area contributed by atoms with Gasteiger partial charge in [0.2, 0.25) is 0 Å². The topological polar surface area (TPSA) is 152 Å². The standard InChI is InChI=1S/C45H84O10/c1-3-5-7-9-11-13-15-17-19-21-23-25-27-29-31-33-40(47)52-36-38(37-53-45-44(51)43(50)42(49)39(35-46)55-45)54-41(48)34-32-30-28-26-24-22-20-18-16-14-12-10-8-6-4-2/h18,20,38-39,42-46,49-51H,3-17,19,21-37H2,1-2H3/b20-18-/t38-,39-,42-,43+,44-,45+/m1/s1. The van der Waals surface area contributed by atoms with E-state index in [4.69, 9.17) is 18.9 Å². The number of aliphatic hydroxyl groups excluding tert-OH is 4. The highest BCUT2D eigenvalue weighted by molar-refractivity contribution is 5.70. The lowest BCUT2D eigenvalue weighted by Crippen LogP contribution is -2.59. The lowest BCUT2D eigenvalue weighted by Gasteiger charge is -2.39. The number of aliphatic hydroxyl groups is 4. The molecule has 1 rings (SSSR count). The molecule has 0 radical (unpaired) electrons. The number of esters is 2. The number of unbranched alkanes of at least 4 members (excludes halogenated alkanes) is 25. The van der Waals surface area contributed by atoms with Gasteiger partial charge >= 0.3 is 11.9 Å². The predicted molar refractivity (Wildman–Crippen MR) is 220 cm³/mol. The Hall–Kier alpha value is -1.56. The maximum absolute atomic E-state index is 12.8. The molecule has 1 heterocycles. The zero-order valence-corrected chi connectivity index (χ0v) is 35.2. The van der Waals surface area contributed by atoms with Crippen LogP contribution in [0.25, 0.3) is 0 Å². The number of allylic oxidation sites excluding steroid dienone is 2. The van der Waals surface area contributed by atoms with Crippen molar-refractivity contribution in [2.24, 2.45) is 0 Å². The molecule has 0 bridgehead atoms. The van der Waals surface area contributed by atoms with Crippen molar-refractivity contribution in [3.05, 3.63) is 12.2 Å². The fourth-order valence-corrected chi connectivity index (χ4v) is 7.01. The van der Waals surface area contributed by atoms with Crippen LogP contribution in [0.3, 0.4) is 0 Å². The van der Waals surface area contributed by atoms with E-state index in [1.165, 1.54) is 122 Å². The third kappa shape index (κ3) is 28.5. The molecule has 1 aliphatic rings. The van der Waals surface area contributed by atoms with Gasteiger partial charge in [-0.05, 0) is 38.5 Å². The average Bonchev–Trinajstić information content (AvgIpc) is 3.18. The highest BCUT2D eigenvalue weighted by atomic mass is 16.7. The van der Waals surface area contributed by atoms with Gasteiger partial charge in [0, 0.05) is 12.8 Å². The summed E-state index contributed by atoms with van der Waals surface area (Å²) in [6.45, 7) is 3.43. The van der Waals surface area contributed by atoms with Crippen molar-refractivity contribution in [1.29, 1.82) is 0 Å². The van der Waals surface area contributed by atoms with Gasteiger partial charge in [-0.3, -0.25) is 9.59 Å². The first-order valence-corrected chi connectivity index (χ1v) is 22.8. The van der Waals surface area contributed by atoms with E-state index >= 15 is 0 Å². The number of carbonyl (C=O) groups is 2. The van der Waals surface area contributed by atoms with Gasteiger partial charge in [-0.2, -0.15) is 0 Å². The summed E-state index contributed by atoms with van der Waals surface area (Å²) in [6, 6.07) is 0. The second kappa shape index (κ2) is 36.8. The summed E-state index contributed by atoms with van der Waals surface area (Å²) in [5.41, 5.74) is 0. The van der Waals surface area contributed by atoms with E-state index in [0.717, 1.165) is 51.4 Å². The Morgan fingerprint density at radius 1 is 0.545 bits per heavy atom. The van der Waals surface area contributed by atoms with Crippen LogP contribution >= 0.6 is 0 Å². The highest BCUT2D eigenvalue weighted by Gasteiger charge is 2.44. The number of ether oxygens (including phenoxy) is 4. The molecule has 0 aromatic heterocycles. The van der Waals surface area contributed by atoms with Crippen LogP contribution in [0.15, 0.2) is 12.2 Å². The largest absolute Gasteiger partial charge is 0.462 e. The van der Waals surface area contributed by atoms with Crippen molar-refractivity contribution in [1.82, 2.24) is 0 Å². The molecular weight excluding hydrogens is 700 g/mol. The molecule has 6 atom stereocenters. The SMILES string of the molecule is CCCCCCCC/C=C\CCCCCCCC(=O)O[C@H](COC(=O)CCCCCCCCCCCCCCCCC)CO[C@H]1O[C@H](CO)[C@@H](O)[C@H](O)[C@H]1O. The molecule has 0 saturated carbocycles. The maximum atomic E-state index is 12.8. The lowest BCUT2D eigenvalue weighted by atomic mass is 9.99. The molecule has 55 heavy (non-hydrogen) atoms. The molecule has 1 saturated heterocycles. The molecule has 1 fully saturated rings. The smallest absolute Gasteiger partial charge is 0.306 e. The number of hydrogen-bond acceptors (Lipinski definition) is 10. The van der Waals surface area contributed by atoms with E-state index in [1.54, 1.807) is 0 Å². The van der Waals surface area contributed by atoms with Gasteiger partial charge in [0.05, 0.1) is 13.2 Å². The Kier molecular flexibility index (Phi) is 34.4. The van der Waals surface area contributed by atoms with Gasteiger partial charge in [0.15, 0.2) is 12.4 Å². The molecule has 324 valence electrons. The Bertz CT molecular complexity index is 912. The number of hydrogen-bond donors (Lipinski definition) is 4. The summed E-state index contributed by atoms with van der Waals surface area (Å²) < 4.78 is 22.2. The molecule has 0 aromatic carbocycles. The molecule has 10 heteroatoms. The Morgan fingerprint density at radius 3 is 1.42 bits per heavy atom. The molecule has 10 nitrogen and oxygen atoms in total. The fourth-order valence-electron chi connectivity index (χ4n) is 7.01. The fraction of sp³-hybridized carbons (Fsp3) is 0.911. The minimum atomic E-state index is -1.59. The van der Waals surface area contributed by atoms with Crippen LogP contribution in [0, 0.1) is 0 Å². The molecule has 0 aromatic rings. The number of rotatable bonds is 38. The lowest BCUT2D eigenvalue weighted by molar-refractivity contribution is -0.305. The van der Waals surface area contributed by atoms with E-state index < -0.39 is 49.4 Å². The number of carbonyl (C=O) groups excluding carboxylic acids is 2. The second-order valence-electron chi connectivity index (χ2n) is 15.9. The Balaban J connectivity index is 2.32. The van der Waals surface area contributed by atoms with Crippen molar-refractivity contribution in [3.8, 4) is 0 Å². The van der Waals surface area contributed by atoms with Crippen molar-refractivity contribution < 1.29 is 49.0 Å². The first-order valence-electron chi connectivity index (χ1n) is 22.8. The van der Waals surface area contributed by atoms with Gasteiger partial charge in [-0.25, -0.2) is 0 Å². The van der Waals surface area contributed by atoms with Crippen LogP contribution < -0.4 is 0 Å². The van der Waals surface area contributed by atoms with Crippen molar-refractivity contribution in [3.63, 3.8) is 0 Å². The van der Waals surface area contributed by atoms with Crippen molar-refractivity contribution >= 4 is 11.9 Å². The van der Waals surface area contributed by atoms with Gasteiger partial charge in [0.1, 0.15) is 31.0 Å². The van der Waals surface area contributed by atoms with Crippen molar-refractivity contribution in [2.45, 2.75) is 243 Å². The molecule has 0 amide bonds. The summed E-state index contributed by atoms with van der Waals surface area (Å²) in [5.74, 6) is -0.806. The zero-order chi connectivity index (χ0) is 40.2. The molecule has 0 unspecified atom stereocenters. The zero-order valence-electron chi connectivity index (χ0n) is 35.2. The van der Waals surface area contributed by atoms with Crippen LogP contribution in [-0.4, -0.2) is 89.0 Å². The Morgan fingerprint density at radius 2 is 0.964 bits per heavy atom. The van der Waals surface area contributed by atoms with Crippen LogP contribution in [0.5, 0.6) is 0 Å². The normalized spacial score (nSPS) is 20.6. The van der Waals surface area contributed by atoms with E-state index in [0.29, 0.717) is 6.42 Å². The van der Waals surface area contributed by atoms with Gasteiger partial charge < -0.3 is 39.4 Å². The molecular formula is C45H84O10. The first kappa shape index (κ1) is 51.5. The monoisotopic (exact) mass is 785 g/mol. The van der Waals surface area contributed by atoms with Crippen LogP contribution in [0.4, 0.5) is 0 Å². The summed E-state index contributed by atoms with van der Waals surface area (Å²) in [7, 11) is 0. The van der Waals surface area contributed by atoms with Crippen LogP contribution in [0.1, 0.15) is 206 Å². The summed E-state index contributed by atoms with van der Waals surface area (Å²) >= 11 is 0. The van der Waals surface area contributed by atoms with Gasteiger partial charge in [-0.1, -0.05) is 167 Å². The minimum Gasteiger partial charge on any atom is -0.462 e. The minimum absolute atomic E-state index is 0.215. The Labute approximate surface area is 335 Å².